The molecule has 118 valence electrons. The van der Waals surface area contributed by atoms with E-state index in [4.69, 9.17) is 4.74 Å². The summed E-state index contributed by atoms with van der Waals surface area (Å²) in [4.78, 5) is 26.5. The highest BCUT2D eigenvalue weighted by Crippen LogP contribution is 2.56. The average molecular weight is 311 g/mol. The number of carboxylic acid groups (broad SMARTS) is 1. The first-order valence-corrected chi connectivity index (χ1v) is 7.69. The number of benzene rings is 1. The van der Waals surface area contributed by atoms with E-state index in [9.17, 15) is 14.7 Å². The smallest absolute Gasteiger partial charge is 0.310 e. The molecule has 4 rings (SSSR count). The molecule has 1 aromatic rings. The van der Waals surface area contributed by atoms with Gasteiger partial charge in [-0.2, -0.15) is 0 Å². The van der Waals surface area contributed by atoms with Crippen LogP contribution in [0.1, 0.15) is 6.42 Å². The number of carbonyl (C=O) groups excluding carboxylic acids is 1. The van der Waals surface area contributed by atoms with Crippen molar-refractivity contribution in [2.75, 3.05) is 4.90 Å². The molecule has 3 heterocycles. The zero-order valence-corrected chi connectivity index (χ0v) is 12.5. The van der Waals surface area contributed by atoms with E-state index < -0.39 is 29.5 Å². The van der Waals surface area contributed by atoms with Gasteiger partial charge in [-0.25, -0.2) is 0 Å². The standard InChI is InChI=1S/C18H17NO4/c1-2-6-13-18-10-9-12(23-18)14(17(21)22)15(18)16(20)19(13)11-7-4-3-5-8-11/h2-5,7-10,12-15H,1,6H2,(H,21,22)/t12-,13-,14+,15+,18-/m1/s1. The normalized spacial score (nSPS) is 37.2. The van der Waals surface area contributed by atoms with Gasteiger partial charge in [0.05, 0.1) is 18.1 Å². The second kappa shape index (κ2) is 4.80. The van der Waals surface area contributed by atoms with Crippen molar-refractivity contribution in [3.63, 3.8) is 0 Å². The SMILES string of the molecule is C=CC[C@H]1N(c2ccccc2)C(=O)[C@@H]2[C@@H](C(=O)O)[C@H]3C=C[C@]21O3. The van der Waals surface area contributed by atoms with Crippen LogP contribution in [0.25, 0.3) is 0 Å². The molecule has 0 saturated carbocycles. The van der Waals surface area contributed by atoms with Crippen molar-refractivity contribution < 1.29 is 19.4 Å². The number of para-hydroxylation sites is 1. The predicted octanol–water partition coefficient (Wildman–Crippen LogP) is 2.00. The molecule has 0 aromatic heterocycles. The minimum absolute atomic E-state index is 0.178. The van der Waals surface area contributed by atoms with Gasteiger partial charge in [-0.1, -0.05) is 36.4 Å². The fraction of sp³-hybridized carbons (Fsp3) is 0.333. The molecule has 2 fully saturated rings. The van der Waals surface area contributed by atoms with Gasteiger partial charge in [-0.15, -0.1) is 6.58 Å². The Bertz CT molecular complexity index is 713. The first kappa shape index (κ1) is 14.2. The van der Waals surface area contributed by atoms with E-state index in [1.807, 2.05) is 36.4 Å². The van der Waals surface area contributed by atoms with Gasteiger partial charge in [-0.3, -0.25) is 9.59 Å². The monoisotopic (exact) mass is 311 g/mol. The zero-order valence-electron chi connectivity index (χ0n) is 12.5. The third-order valence-corrected chi connectivity index (χ3v) is 5.13. The molecule has 0 unspecified atom stereocenters. The molecule has 1 aromatic carbocycles. The van der Waals surface area contributed by atoms with Gasteiger partial charge in [0.2, 0.25) is 5.91 Å². The Labute approximate surface area is 133 Å². The number of fused-ring (bicyclic) bond motifs is 1. The lowest BCUT2D eigenvalue weighted by Crippen LogP contribution is -2.45. The lowest BCUT2D eigenvalue weighted by atomic mass is 9.74. The number of hydrogen-bond acceptors (Lipinski definition) is 3. The highest BCUT2D eigenvalue weighted by molar-refractivity contribution is 6.03. The Balaban J connectivity index is 1.85. The summed E-state index contributed by atoms with van der Waals surface area (Å²) in [5.74, 6) is -2.66. The maximum atomic E-state index is 13.1. The molecule has 23 heavy (non-hydrogen) atoms. The van der Waals surface area contributed by atoms with Gasteiger partial charge in [0.1, 0.15) is 11.5 Å². The third kappa shape index (κ3) is 1.71. The van der Waals surface area contributed by atoms with Crippen LogP contribution in [0.4, 0.5) is 5.69 Å². The quantitative estimate of drug-likeness (QED) is 0.864. The van der Waals surface area contributed by atoms with E-state index in [0.29, 0.717) is 6.42 Å². The first-order chi connectivity index (χ1) is 11.1. The molecule has 0 aliphatic carbocycles. The average Bonchev–Trinajstić information content (AvgIpc) is 3.18. The number of carbonyl (C=O) groups is 2. The number of rotatable bonds is 4. The van der Waals surface area contributed by atoms with Crippen molar-refractivity contribution >= 4 is 17.6 Å². The van der Waals surface area contributed by atoms with Crippen LogP contribution in [0, 0.1) is 11.8 Å². The Morgan fingerprint density at radius 1 is 1.39 bits per heavy atom. The Morgan fingerprint density at radius 2 is 2.13 bits per heavy atom. The number of anilines is 1. The van der Waals surface area contributed by atoms with E-state index in [0.717, 1.165) is 5.69 Å². The number of aliphatic carboxylic acids is 1. The molecular formula is C18H17NO4. The van der Waals surface area contributed by atoms with Crippen molar-refractivity contribution in [2.24, 2.45) is 11.8 Å². The van der Waals surface area contributed by atoms with Crippen molar-refractivity contribution in [3.8, 4) is 0 Å². The summed E-state index contributed by atoms with van der Waals surface area (Å²) in [6.45, 7) is 3.79. The summed E-state index contributed by atoms with van der Waals surface area (Å²) in [6, 6.07) is 9.05. The van der Waals surface area contributed by atoms with Crippen molar-refractivity contribution in [1.82, 2.24) is 0 Å². The van der Waals surface area contributed by atoms with Gasteiger partial charge >= 0.3 is 5.97 Å². The molecule has 3 aliphatic heterocycles. The van der Waals surface area contributed by atoms with Crippen LogP contribution in [0.3, 0.4) is 0 Å². The molecule has 3 aliphatic rings. The molecule has 5 nitrogen and oxygen atoms in total. The Hall–Kier alpha value is -2.40. The lowest BCUT2D eigenvalue weighted by molar-refractivity contribution is -0.146. The van der Waals surface area contributed by atoms with Crippen LogP contribution in [-0.4, -0.2) is 34.7 Å². The van der Waals surface area contributed by atoms with Crippen molar-refractivity contribution in [1.29, 1.82) is 0 Å². The topological polar surface area (TPSA) is 66.8 Å². The largest absolute Gasteiger partial charge is 0.481 e. The molecule has 1 spiro atoms. The van der Waals surface area contributed by atoms with E-state index >= 15 is 0 Å². The maximum Gasteiger partial charge on any atom is 0.310 e. The summed E-state index contributed by atoms with van der Waals surface area (Å²) >= 11 is 0. The molecule has 2 saturated heterocycles. The number of amides is 1. The predicted molar refractivity (Wildman–Crippen MR) is 83.9 cm³/mol. The van der Waals surface area contributed by atoms with Crippen LogP contribution >= 0.6 is 0 Å². The van der Waals surface area contributed by atoms with Crippen LogP contribution in [0.2, 0.25) is 0 Å². The first-order valence-electron chi connectivity index (χ1n) is 7.69. The van der Waals surface area contributed by atoms with E-state index in [2.05, 4.69) is 6.58 Å². The highest BCUT2D eigenvalue weighted by Gasteiger charge is 2.71. The molecule has 0 radical (unpaired) electrons. The van der Waals surface area contributed by atoms with Gasteiger partial charge in [0.15, 0.2) is 0 Å². The van der Waals surface area contributed by atoms with Gasteiger partial charge in [-0.05, 0) is 18.6 Å². The number of nitrogens with zero attached hydrogens (tertiary/aromatic N) is 1. The second-order valence-electron chi connectivity index (χ2n) is 6.22. The molecule has 1 N–H and O–H groups in total. The summed E-state index contributed by atoms with van der Waals surface area (Å²) in [5, 5.41) is 9.57. The zero-order chi connectivity index (χ0) is 16.2. The summed E-state index contributed by atoms with van der Waals surface area (Å²) in [6.07, 6.45) is 5.44. The molecular weight excluding hydrogens is 294 g/mol. The van der Waals surface area contributed by atoms with Crippen molar-refractivity contribution in [2.45, 2.75) is 24.2 Å². The van der Waals surface area contributed by atoms with Gasteiger partial charge in [0, 0.05) is 5.69 Å². The second-order valence-corrected chi connectivity index (χ2v) is 6.22. The maximum absolute atomic E-state index is 13.1. The van der Waals surface area contributed by atoms with E-state index in [-0.39, 0.29) is 11.9 Å². The van der Waals surface area contributed by atoms with E-state index in [1.165, 1.54) is 0 Å². The third-order valence-electron chi connectivity index (χ3n) is 5.13. The summed E-state index contributed by atoms with van der Waals surface area (Å²) in [7, 11) is 0. The summed E-state index contributed by atoms with van der Waals surface area (Å²) < 4.78 is 6.04. The molecule has 1 amide bonds. The minimum atomic E-state index is -0.980. The van der Waals surface area contributed by atoms with E-state index in [1.54, 1.807) is 17.1 Å². The van der Waals surface area contributed by atoms with Crippen molar-refractivity contribution in [3.05, 3.63) is 55.1 Å². The number of carboxylic acids is 1. The molecule has 5 atom stereocenters. The highest BCUT2D eigenvalue weighted by atomic mass is 16.5. The fourth-order valence-electron chi connectivity index (χ4n) is 4.27. The fourth-order valence-corrected chi connectivity index (χ4v) is 4.27. The summed E-state index contributed by atoms with van der Waals surface area (Å²) in [5.41, 5.74) is -0.104. The molecule has 2 bridgehead atoms. The van der Waals surface area contributed by atoms with Crippen LogP contribution in [0.15, 0.2) is 55.1 Å². The van der Waals surface area contributed by atoms with Crippen LogP contribution < -0.4 is 4.90 Å². The lowest BCUT2D eigenvalue weighted by Gasteiger charge is -2.32. The number of hydrogen-bond donors (Lipinski definition) is 1. The molecule has 5 heteroatoms. The Morgan fingerprint density at radius 3 is 2.78 bits per heavy atom. The van der Waals surface area contributed by atoms with Crippen LogP contribution in [-0.2, 0) is 14.3 Å². The van der Waals surface area contributed by atoms with Gasteiger partial charge in [0.25, 0.3) is 0 Å². The van der Waals surface area contributed by atoms with Gasteiger partial charge < -0.3 is 14.7 Å². The van der Waals surface area contributed by atoms with Crippen LogP contribution in [0.5, 0.6) is 0 Å². The Kier molecular flexibility index (Phi) is 2.96. The minimum Gasteiger partial charge on any atom is -0.481 e. The number of ether oxygens (including phenoxy) is 1.